The molecular formula is C23H20BrClFNO4. The first-order valence-electron chi connectivity index (χ1n) is 9.56. The first-order chi connectivity index (χ1) is 15.0. The van der Waals surface area contributed by atoms with Gasteiger partial charge < -0.3 is 24.3 Å². The van der Waals surface area contributed by atoms with Crippen molar-refractivity contribution in [1.29, 1.82) is 0 Å². The lowest BCUT2D eigenvalue weighted by Gasteiger charge is -2.15. The summed E-state index contributed by atoms with van der Waals surface area (Å²) in [6.45, 7) is 1.76. The molecule has 8 heteroatoms. The number of methoxy groups -OCH3 is 1. The number of ether oxygens (including phenoxy) is 4. The standard InChI is InChI=1S/C23H20BrClFNO4/c1-28-21-7-16(11-27-10-14-2-5-20-22(6-14)31-13-30-20)18(24)9-23(21)29-12-15-3-4-17(26)8-19(15)25/h2-9,27H,10-13H2,1H3. The molecule has 0 saturated carbocycles. The third-order valence-electron chi connectivity index (χ3n) is 4.81. The van der Waals surface area contributed by atoms with Crippen LogP contribution >= 0.6 is 27.5 Å². The van der Waals surface area contributed by atoms with Crippen LogP contribution in [-0.2, 0) is 19.7 Å². The maximum atomic E-state index is 13.2. The number of halogens is 3. The van der Waals surface area contributed by atoms with Gasteiger partial charge in [-0.3, -0.25) is 0 Å². The van der Waals surface area contributed by atoms with Crippen LogP contribution in [0.4, 0.5) is 4.39 Å². The first kappa shape index (κ1) is 21.7. The SMILES string of the molecule is COc1cc(CNCc2ccc3c(c2)OCO3)c(Br)cc1OCc1ccc(F)cc1Cl. The van der Waals surface area contributed by atoms with Gasteiger partial charge in [-0.05, 0) is 47.5 Å². The third kappa shape index (κ3) is 5.23. The second-order valence-electron chi connectivity index (χ2n) is 6.91. The predicted octanol–water partition coefficient (Wildman–Crippen LogP) is 5.85. The van der Waals surface area contributed by atoms with Crippen LogP contribution in [0.3, 0.4) is 0 Å². The highest BCUT2D eigenvalue weighted by Crippen LogP contribution is 2.35. The van der Waals surface area contributed by atoms with Gasteiger partial charge in [0, 0.05) is 23.1 Å². The van der Waals surface area contributed by atoms with Crippen LogP contribution in [-0.4, -0.2) is 13.9 Å². The zero-order chi connectivity index (χ0) is 21.8. The van der Waals surface area contributed by atoms with E-state index in [2.05, 4.69) is 21.2 Å². The Morgan fingerprint density at radius 1 is 1.00 bits per heavy atom. The van der Waals surface area contributed by atoms with E-state index in [1.165, 1.54) is 12.1 Å². The summed E-state index contributed by atoms with van der Waals surface area (Å²) in [7, 11) is 1.59. The normalized spacial score (nSPS) is 12.1. The van der Waals surface area contributed by atoms with Gasteiger partial charge in [-0.1, -0.05) is 39.7 Å². The molecule has 4 rings (SSSR count). The molecule has 0 atom stereocenters. The molecule has 1 heterocycles. The number of fused-ring (bicyclic) bond motifs is 1. The molecule has 0 spiro atoms. The van der Waals surface area contributed by atoms with E-state index in [1.807, 2.05) is 30.3 Å². The van der Waals surface area contributed by atoms with E-state index in [1.54, 1.807) is 13.2 Å². The Morgan fingerprint density at radius 2 is 1.84 bits per heavy atom. The molecule has 0 radical (unpaired) electrons. The van der Waals surface area contributed by atoms with Crippen molar-refractivity contribution in [3.05, 3.63) is 80.5 Å². The Labute approximate surface area is 193 Å². The van der Waals surface area contributed by atoms with E-state index in [0.717, 1.165) is 27.1 Å². The first-order valence-corrected chi connectivity index (χ1v) is 10.7. The molecule has 5 nitrogen and oxygen atoms in total. The van der Waals surface area contributed by atoms with Crippen molar-refractivity contribution < 1.29 is 23.3 Å². The maximum absolute atomic E-state index is 13.2. The molecule has 162 valence electrons. The van der Waals surface area contributed by atoms with Crippen LogP contribution in [0.5, 0.6) is 23.0 Å². The molecule has 0 bridgehead atoms. The molecule has 0 fully saturated rings. The minimum Gasteiger partial charge on any atom is -0.493 e. The molecule has 3 aromatic carbocycles. The van der Waals surface area contributed by atoms with Gasteiger partial charge in [-0.25, -0.2) is 4.39 Å². The molecule has 0 unspecified atom stereocenters. The monoisotopic (exact) mass is 507 g/mol. The fourth-order valence-electron chi connectivity index (χ4n) is 3.17. The summed E-state index contributed by atoms with van der Waals surface area (Å²) >= 11 is 9.68. The highest BCUT2D eigenvalue weighted by molar-refractivity contribution is 9.10. The van der Waals surface area contributed by atoms with Crippen molar-refractivity contribution in [2.75, 3.05) is 13.9 Å². The van der Waals surface area contributed by atoms with Crippen LogP contribution in [0.1, 0.15) is 16.7 Å². The molecule has 1 aliphatic rings. The zero-order valence-corrected chi connectivity index (χ0v) is 19.1. The predicted molar refractivity (Wildman–Crippen MR) is 120 cm³/mol. The Kier molecular flexibility index (Phi) is 6.85. The minimum absolute atomic E-state index is 0.198. The van der Waals surface area contributed by atoms with Gasteiger partial charge in [0.2, 0.25) is 6.79 Å². The van der Waals surface area contributed by atoms with Crippen LogP contribution in [0.2, 0.25) is 5.02 Å². The van der Waals surface area contributed by atoms with Gasteiger partial charge in [0.25, 0.3) is 0 Å². The summed E-state index contributed by atoms with van der Waals surface area (Å²) in [6.07, 6.45) is 0. The fraction of sp³-hybridized carbons (Fsp3) is 0.217. The van der Waals surface area contributed by atoms with Crippen molar-refractivity contribution in [3.63, 3.8) is 0 Å². The van der Waals surface area contributed by atoms with E-state index in [-0.39, 0.29) is 19.2 Å². The summed E-state index contributed by atoms with van der Waals surface area (Å²) in [5.41, 5.74) is 2.81. The second kappa shape index (κ2) is 9.77. The van der Waals surface area contributed by atoms with Crippen molar-refractivity contribution in [3.8, 4) is 23.0 Å². The lowest BCUT2D eigenvalue weighted by molar-refractivity contribution is 0.174. The van der Waals surface area contributed by atoms with E-state index >= 15 is 0 Å². The zero-order valence-electron chi connectivity index (χ0n) is 16.7. The highest BCUT2D eigenvalue weighted by atomic mass is 79.9. The van der Waals surface area contributed by atoms with E-state index in [0.29, 0.717) is 35.2 Å². The Bertz CT molecular complexity index is 1100. The molecule has 31 heavy (non-hydrogen) atoms. The minimum atomic E-state index is -0.383. The van der Waals surface area contributed by atoms with Crippen LogP contribution in [0, 0.1) is 5.82 Å². The molecule has 0 saturated heterocycles. The summed E-state index contributed by atoms with van der Waals surface area (Å²) < 4.78 is 36.2. The average molecular weight is 509 g/mol. The highest BCUT2D eigenvalue weighted by Gasteiger charge is 2.14. The Balaban J connectivity index is 1.39. The van der Waals surface area contributed by atoms with E-state index in [9.17, 15) is 4.39 Å². The molecule has 0 aliphatic carbocycles. The van der Waals surface area contributed by atoms with Crippen molar-refractivity contribution in [1.82, 2.24) is 5.32 Å². The fourth-order valence-corrected chi connectivity index (χ4v) is 3.86. The lowest BCUT2D eigenvalue weighted by atomic mass is 10.1. The Hall–Kier alpha value is -2.48. The van der Waals surface area contributed by atoms with Crippen LogP contribution in [0.25, 0.3) is 0 Å². The molecule has 3 aromatic rings. The number of rotatable bonds is 8. The third-order valence-corrected chi connectivity index (χ3v) is 5.90. The molecule has 1 aliphatic heterocycles. The Morgan fingerprint density at radius 3 is 2.65 bits per heavy atom. The molecule has 0 amide bonds. The molecule has 1 N–H and O–H groups in total. The maximum Gasteiger partial charge on any atom is 0.231 e. The average Bonchev–Trinajstić information content (AvgIpc) is 3.22. The van der Waals surface area contributed by atoms with Crippen LogP contribution < -0.4 is 24.3 Å². The van der Waals surface area contributed by atoms with Gasteiger partial charge in [0.1, 0.15) is 12.4 Å². The number of hydrogen-bond donors (Lipinski definition) is 1. The van der Waals surface area contributed by atoms with E-state index < -0.39 is 0 Å². The van der Waals surface area contributed by atoms with Gasteiger partial charge in [0.15, 0.2) is 23.0 Å². The number of hydrogen-bond acceptors (Lipinski definition) is 5. The number of benzene rings is 3. The van der Waals surface area contributed by atoms with Gasteiger partial charge in [0.05, 0.1) is 12.1 Å². The van der Waals surface area contributed by atoms with Crippen LogP contribution in [0.15, 0.2) is 53.0 Å². The van der Waals surface area contributed by atoms with Gasteiger partial charge in [-0.2, -0.15) is 0 Å². The summed E-state index contributed by atoms with van der Waals surface area (Å²) in [5, 5.41) is 3.74. The second-order valence-corrected chi connectivity index (χ2v) is 8.17. The van der Waals surface area contributed by atoms with Crippen molar-refractivity contribution in [2.24, 2.45) is 0 Å². The summed E-state index contributed by atoms with van der Waals surface area (Å²) in [6, 6.07) is 13.9. The van der Waals surface area contributed by atoms with Crippen molar-refractivity contribution in [2.45, 2.75) is 19.7 Å². The lowest BCUT2D eigenvalue weighted by Crippen LogP contribution is -2.13. The largest absolute Gasteiger partial charge is 0.493 e. The summed E-state index contributed by atoms with van der Waals surface area (Å²) in [5.74, 6) is 2.32. The molecule has 0 aromatic heterocycles. The topological polar surface area (TPSA) is 49.0 Å². The van der Waals surface area contributed by atoms with Gasteiger partial charge >= 0.3 is 0 Å². The quantitative estimate of drug-likeness (QED) is 0.414. The number of nitrogens with one attached hydrogen (secondary N) is 1. The van der Waals surface area contributed by atoms with Crippen molar-refractivity contribution >= 4 is 27.5 Å². The summed E-state index contributed by atoms with van der Waals surface area (Å²) in [4.78, 5) is 0. The van der Waals surface area contributed by atoms with Gasteiger partial charge in [-0.15, -0.1) is 0 Å². The van der Waals surface area contributed by atoms with E-state index in [4.69, 9.17) is 30.5 Å². The smallest absolute Gasteiger partial charge is 0.231 e. The molecular weight excluding hydrogens is 489 g/mol.